The number of carbonyl (C=O) groups excluding carboxylic acids is 1. The molecule has 1 aliphatic rings. The summed E-state index contributed by atoms with van der Waals surface area (Å²) in [6.45, 7) is 1.17. The molecule has 180 valence electrons. The maximum atomic E-state index is 13.4. The number of aromatic nitrogens is 1. The minimum Gasteiger partial charge on any atom is -0.493 e. The molecule has 7 nitrogen and oxygen atoms in total. The molecule has 0 spiro atoms. The van der Waals surface area contributed by atoms with Crippen molar-refractivity contribution in [1.29, 1.82) is 0 Å². The number of benzene rings is 3. The molecule has 1 aliphatic heterocycles. The molecule has 0 saturated heterocycles. The molecular weight excluding hydrogens is 444 g/mol. The Labute approximate surface area is 204 Å². The monoisotopic (exact) mass is 472 g/mol. The molecule has 0 bridgehead atoms. The van der Waals surface area contributed by atoms with Crippen LogP contribution >= 0.6 is 0 Å². The molecule has 0 saturated carbocycles. The largest absolute Gasteiger partial charge is 0.493 e. The van der Waals surface area contributed by atoms with Gasteiger partial charge in [0.2, 0.25) is 0 Å². The van der Waals surface area contributed by atoms with Crippen LogP contribution in [0.5, 0.6) is 23.0 Å². The summed E-state index contributed by atoms with van der Waals surface area (Å²) in [5, 5.41) is 0.958. The number of nitrogens with zero attached hydrogens (tertiary/aromatic N) is 1. The van der Waals surface area contributed by atoms with Gasteiger partial charge >= 0.3 is 0 Å². The van der Waals surface area contributed by atoms with Crippen LogP contribution in [0.15, 0.2) is 54.6 Å². The molecule has 0 unspecified atom stereocenters. The van der Waals surface area contributed by atoms with E-state index in [9.17, 15) is 4.79 Å². The quantitative estimate of drug-likeness (QED) is 0.424. The molecule has 3 aromatic carbocycles. The molecule has 7 heteroatoms. The maximum Gasteiger partial charge on any atom is 0.270 e. The van der Waals surface area contributed by atoms with Gasteiger partial charge in [-0.1, -0.05) is 18.2 Å². The summed E-state index contributed by atoms with van der Waals surface area (Å²) in [6.07, 6.45) is 0.765. The molecule has 1 aromatic heterocycles. The van der Waals surface area contributed by atoms with E-state index in [-0.39, 0.29) is 5.91 Å². The predicted octanol–water partition coefficient (Wildman–Crippen LogP) is 5.07. The van der Waals surface area contributed by atoms with Gasteiger partial charge in [0.05, 0.1) is 28.4 Å². The van der Waals surface area contributed by atoms with E-state index in [1.807, 2.05) is 53.4 Å². The first kappa shape index (κ1) is 22.7. The standard InChI is InChI=1S/C28H28N2O5/c1-32-24-7-5-6-21(27(24)35-4)18-8-9-22-19(12-18)13-23(29-22)28(31)30-11-10-17-14-25(33-2)26(34-3)15-20(17)16-30/h5-9,12-15,29H,10-11,16H2,1-4H3. The molecule has 1 N–H and O–H groups in total. The normalized spacial score (nSPS) is 12.9. The van der Waals surface area contributed by atoms with Crippen LogP contribution in [0.1, 0.15) is 21.6 Å². The lowest BCUT2D eigenvalue weighted by Gasteiger charge is -2.29. The van der Waals surface area contributed by atoms with Crippen LogP contribution in [0.3, 0.4) is 0 Å². The lowest BCUT2D eigenvalue weighted by atomic mass is 9.98. The average Bonchev–Trinajstić information content (AvgIpc) is 3.34. The van der Waals surface area contributed by atoms with Crippen LogP contribution in [0.4, 0.5) is 0 Å². The fraction of sp³-hybridized carbons (Fsp3) is 0.250. The number of amides is 1. The number of carbonyl (C=O) groups is 1. The number of rotatable bonds is 6. The summed E-state index contributed by atoms with van der Waals surface area (Å²) >= 11 is 0. The smallest absolute Gasteiger partial charge is 0.270 e. The molecule has 5 rings (SSSR count). The van der Waals surface area contributed by atoms with Crippen LogP contribution < -0.4 is 18.9 Å². The lowest BCUT2D eigenvalue weighted by Crippen LogP contribution is -2.36. The third-order valence-corrected chi connectivity index (χ3v) is 6.57. The van der Waals surface area contributed by atoms with E-state index in [1.54, 1.807) is 28.4 Å². The van der Waals surface area contributed by atoms with Crippen molar-refractivity contribution in [3.63, 3.8) is 0 Å². The predicted molar refractivity (Wildman–Crippen MR) is 135 cm³/mol. The van der Waals surface area contributed by atoms with E-state index in [4.69, 9.17) is 18.9 Å². The summed E-state index contributed by atoms with van der Waals surface area (Å²) in [7, 11) is 6.51. The highest BCUT2D eigenvalue weighted by molar-refractivity contribution is 5.99. The van der Waals surface area contributed by atoms with Crippen molar-refractivity contribution < 1.29 is 23.7 Å². The Bertz CT molecular complexity index is 1410. The van der Waals surface area contributed by atoms with Crippen LogP contribution in [0, 0.1) is 0 Å². The van der Waals surface area contributed by atoms with E-state index in [2.05, 4.69) is 11.1 Å². The third kappa shape index (κ3) is 4.03. The van der Waals surface area contributed by atoms with Crippen molar-refractivity contribution in [2.45, 2.75) is 13.0 Å². The summed E-state index contributed by atoms with van der Waals surface area (Å²) in [5.41, 5.74) is 5.64. The zero-order chi connectivity index (χ0) is 24.5. The molecular formula is C28H28N2O5. The highest BCUT2D eigenvalue weighted by Gasteiger charge is 2.25. The summed E-state index contributed by atoms with van der Waals surface area (Å²) in [4.78, 5) is 18.6. The van der Waals surface area contributed by atoms with Gasteiger partial charge in [-0.15, -0.1) is 0 Å². The van der Waals surface area contributed by atoms with Crippen LogP contribution in [-0.4, -0.2) is 50.8 Å². The second-order valence-electron chi connectivity index (χ2n) is 8.48. The van der Waals surface area contributed by atoms with E-state index < -0.39 is 0 Å². The Morgan fingerprint density at radius 3 is 2.29 bits per heavy atom. The van der Waals surface area contributed by atoms with Gasteiger partial charge < -0.3 is 28.8 Å². The summed E-state index contributed by atoms with van der Waals surface area (Å²) in [5.74, 6) is 2.72. The van der Waals surface area contributed by atoms with Crippen molar-refractivity contribution in [3.8, 4) is 34.1 Å². The van der Waals surface area contributed by atoms with Gasteiger partial charge in [0.1, 0.15) is 5.69 Å². The number of H-pyrrole nitrogens is 1. The Morgan fingerprint density at radius 1 is 0.829 bits per heavy atom. The van der Waals surface area contributed by atoms with Crippen molar-refractivity contribution in [1.82, 2.24) is 9.88 Å². The van der Waals surface area contributed by atoms with Crippen molar-refractivity contribution in [2.24, 2.45) is 0 Å². The minimum absolute atomic E-state index is 0.0258. The van der Waals surface area contributed by atoms with Crippen LogP contribution in [-0.2, 0) is 13.0 Å². The van der Waals surface area contributed by atoms with Crippen molar-refractivity contribution in [2.75, 3.05) is 35.0 Å². The second kappa shape index (κ2) is 9.25. The summed E-state index contributed by atoms with van der Waals surface area (Å²) < 4.78 is 21.9. The molecule has 0 radical (unpaired) electrons. The Morgan fingerprint density at radius 2 is 1.57 bits per heavy atom. The highest BCUT2D eigenvalue weighted by Crippen LogP contribution is 2.39. The van der Waals surface area contributed by atoms with Gasteiger partial charge in [-0.25, -0.2) is 0 Å². The van der Waals surface area contributed by atoms with Gasteiger partial charge in [-0.2, -0.15) is 0 Å². The Hall–Kier alpha value is -4.13. The molecule has 0 atom stereocenters. The minimum atomic E-state index is -0.0258. The maximum absolute atomic E-state index is 13.4. The van der Waals surface area contributed by atoms with Crippen molar-refractivity contribution >= 4 is 16.8 Å². The van der Waals surface area contributed by atoms with Gasteiger partial charge in [0.25, 0.3) is 5.91 Å². The number of aromatic amines is 1. The second-order valence-corrected chi connectivity index (χ2v) is 8.48. The van der Waals surface area contributed by atoms with Gasteiger partial charge in [-0.05, 0) is 59.5 Å². The first-order chi connectivity index (χ1) is 17.1. The number of hydrogen-bond acceptors (Lipinski definition) is 5. The SMILES string of the molecule is COc1cc2c(cc1OC)CN(C(=O)c1cc3cc(-c4cccc(OC)c4OC)ccc3[nH]1)CC2. The fourth-order valence-electron chi connectivity index (χ4n) is 4.76. The van der Waals surface area contributed by atoms with Gasteiger partial charge in [0, 0.05) is 29.6 Å². The molecule has 35 heavy (non-hydrogen) atoms. The Balaban J connectivity index is 1.43. The number of ether oxygens (including phenoxy) is 4. The zero-order valence-electron chi connectivity index (χ0n) is 20.3. The van der Waals surface area contributed by atoms with Gasteiger partial charge in [0.15, 0.2) is 23.0 Å². The van der Waals surface area contributed by atoms with Crippen molar-refractivity contribution in [3.05, 3.63) is 71.4 Å². The summed E-state index contributed by atoms with van der Waals surface area (Å²) in [6, 6.07) is 17.8. The molecule has 0 aliphatic carbocycles. The number of methoxy groups -OCH3 is 4. The Kier molecular flexibility index (Phi) is 5.99. The molecule has 4 aromatic rings. The van der Waals surface area contributed by atoms with Gasteiger partial charge in [-0.3, -0.25) is 4.79 Å². The van der Waals surface area contributed by atoms with Crippen LogP contribution in [0.25, 0.3) is 22.0 Å². The number of para-hydroxylation sites is 1. The number of fused-ring (bicyclic) bond motifs is 2. The molecule has 1 amide bonds. The van der Waals surface area contributed by atoms with E-state index >= 15 is 0 Å². The average molecular weight is 473 g/mol. The fourth-order valence-corrected chi connectivity index (χ4v) is 4.76. The van der Waals surface area contributed by atoms with Crippen LogP contribution in [0.2, 0.25) is 0 Å². The molecule has 2 heterocycles. The number of hydrogen-bond donors (Lipinski definition) is 1. The zero-order valence-corrected chi connectivity index (χ0v) is 20.3. The third-order valence-electron chi connectivity index (χ3n) is 6.57. The van der Waals surface area contributed by atoms with E-state index in [0.29, 0.717) is 41.8 Å². The van der Waals surface area contributed by atoms with E-state index in [1.165, 1.54) is 5.56 Å². The first-order valence-corrected chi connectivity index (χ1v) is 11.4. The topological polar surface area (TPSA) is 73.0 Å². The number of nitrogens with one attached hydrogen (secondary N) is 1. The first-order valence-electron chi connectivity index (χ1n) is 11.4. The highest BCUT2D eigenvalue weighted by atomic mass is 16.5. The molecule has 0 fully saturated rings. The lowest BCUT2D eigenvalue weighted by molar-refractivity contribution is 0.0729. The van der Waals surface area contributed by atoms with E-state index in [0.717, 1.165) is 34.0 Å².